The molecule has 0 N–H and O–H groups in total. The topological polar surface area (TPSA) is 51.2 Å². The van der Waals surface area contributed by atoms with Crippen LogP contribution in [-0.4, -0.2) is 62.1 Å². The molecule has 4 rings (SSSR count). The highest BCUT2D eigenvalue weighted by molar-refractivity contribution is 6.30. The molecule has 1 heterocycles. The summed E-state index contributed by atoms with van der Waals surface area (Å²) in [6.45, 7) is 4.69. The van der Waals surface area contributed by atoms with E-state index in [1.807, 2.05) is 83.8 Å². The average molecular weight is 509 g/mol. The van der Waals surface area contributed by atoms with Crippen molar-refractivity contribution in [2.75, 3.05) is 46.4 Å². The number of rotatable bonds is 11. The number of ether oxygens (including phenoxy) is 3. The van der Waals surface area contributed by atoms with Gasteiger partial charge in [0.25, 0.3) is 0 Å². The molecule has 1 fully saturated rings. The first-order valence-electron chi connectivity index (χ1n) is 12.2. The van der Waals surface area contributed by atoms with Gasteiger partial charge in [-0.05, 0) is 41.0 Å². The highest BCUT2D eigenvalue weighted by atomic mass is 35.5. The molecule has 3 aromatic rings. The van der Waals surface area contributed by atoms with Crippen LogP contribution in [0.25, 0.3) is 0 Å². The number of piperazine rings is 1. The minimum atomic E-state index is -0.120. The summed E-state index contributed by atoms with van der Waals surface area (Å²) >= 11 is 6.12. The molecule has 1 amide bonds. The van der Waals surface area contributed by atoms with Crippen LogP contribution in [0.3, 0.4) is 0 Å². The Kier molecular flexibility index (Phi) is 9.76. The molecule has 3 aromatic carbocycles. The third-order valence-electron chi connectivity index (χ3n) is 6.31. The summed E-state index contributed by atoms with van der Waals surface area (Å²) in [7, 11) is 1.66. The van der Waals surface area contributed by atoms with Crippen molar-refractivity contribution in [3.63, 3.8) is 0 Å². The second kappa shape index (κ2) is 13.4. The molecule has 0 aromatic heterocycles. The third-order valence-corrected chi connectivity index (χ3v) is 6.57. The quantitative estimate of drug-likeness (QED) is 0.366. The predicted molar refractivity (Wildman–Crippen MR) is 141 cm³/mol. The maximum Gasteiger partial charge on any atom is 0.248 e. The summed E-state index contributed by atoms with van der Waals surface area (Å²) in [5.41, 5.74) is 3.20. The van der Waals surface area contributed by atoms with Gasteiger partial charge in [-0.1, -0.05) is 66.2 Å². The van der Waals surface area contributed by atoms with E-state index in [0.29, 0.717) is 31.3 Å². The van der Waals surface area contributed by atoms with E-state index in [2.05, 4.69) is 4.90 Å². The maximum atomic E-state index is 12.6. The number of benzene rings is 3. The fraction of sp³-hybridized carbons (Fsp3) is 0.345. The normalized spacial score (nSPS) is 15.0. The Labute approximate surface area is 218 Å². The van der Waals surface area contributed by atoms with E-state index in [1.165, 1.54) is 0 Å². The molecule has 190 valence electrons. The maximum absolute atomic E-state index is 12.6. The Morgan fingerprint density at radius 2 is 1.61 bits per heavy atom. The van der Waals surface area contributed by atoms with E-state index in [1.54, 1.807) is 7.11 Å². The van der Waals surface area contributed by atoms with Gasteiger partial charge in [0, 0.05) is 37.7 Å². The van der Waals surface area contributed by atoms with Crippen LogP contribution in [0.15, 0.2) is 78.9 Å². The number of carbonyl (C=O) groups excluding carboxylic acids is 1. The number of carbonyl (C=O) groups is 1. The molecule has 1 unspecified atom stereocenters. The third kappa shape index (κ3) is 7.80. The minimum Gasteiger partial charge on any atom is -0.497 e. The summed E-state index contributed by atoms with van der Waals surface area (Å²) in [6.07, 6.45) is -0.120. The van der Waals surface area contributed by atoms with Crippen molar-refractivity contribution in [2.24, 2.45) is 0 Å². The smallest absolute Gasteiger partial charge is 0.248 e. The zero-order valence-electron chi connectivity index (χ0n) is 20.6. The SMILES string of the molecule is COc1cccc(COC(CN2CCN(C(=O)COCc3ccccc3)CC2)c2ccc(Cl)cc2)c1. The lowest BCUT2D eigenvalue weighted by molar-refractivity contribution is -0.138. The van der Waals surface area contributed by atoms with Crippen molar-refractivity contribution in [3.05, 3.63) is 101 Å². The van der Waals surface area contributed by atoms with E-state index < -0.39 is 0 Å². The monoisotopic (exact) mass is 508 g/mol. The van der Waals surface area contributed by atoms with Crippen LogP contribution in [-0.2, 0) is 27.5 Å². The van der Waals surface area contributed by atoms with Gasteiger partial charge in [-0.15, -0.1) is 0 Å². The van der Waals surface area contributed by atoms with Gasteiger partial charge in [-0.3, -0.25) is 9.69 Å². The number of hydrogen-bond donors (Lipinski definition) is 0. The van der Waals surface area contributed by atoms with E-state index in [4.69, 9.17) is 25.8 Å². The summed E-state index contributed by atoms with van der Waals surface area (Å²) in [5, 5.41) is 0.701. The van der Waals surface area contributed by atoms with E-state index in [0.717, 1.165) is 42.1 Å². The molecular formula is C29H33ClN2O4. The summed E-state index contributed by atoms with van der Waals surface area (Å²) < 4.78 is 17.4. The lowest BCUT2D eigenvalue weighted by atomic mass is 10.1. The standard InChI is InChI=1S/C29H33ClN2O4/c1-34-27-9-5-8-24(18-27)21-36-28(25-10-12-26(30)13-11-25)19-31-14-16-32(17-15-31)29(33)22-35-20-23-6-3-2-4-7-23/h2-13,18,28H,14-17,19-22H2,1H3. The van der Waals surface area contributed by atoms with Crippen LogP contribution in [0.1, 0.15) is 22.8 Å². The van der Waals surface area contributed by atoms with Gasteiger partial charge in [-0.2, -0.15) is 0 Å². The van der Waals surface area contributed by atoms with Crippen LogP contribution in [0, 0.1) is 0 Å². The molecule has 0 bridgehead atoms. The lowest BCUT2D eigenvalue weighted by Crippen LogP contribution is -2.50. The fourth-order valence-electron chi connectivity index (χ4n) is 4.23. The van der Waals surface area contributed by atoms with Gasteiger partial charge in [0.15, 0.2) is 0 Å². The summed E-state index contributed by atoms with van der Waals surface area (Å²) in [4.78, 5) is 16.8. The predicted octanol–water partition coefficient (Wildman–Crippen LogP) is 4.97. The van der Waals surface area contributed by atoms with Crippen molar-refractivity contribution in [1.82, 2.24) is 9.80 Å². The molecule has 6 nitrogen and oxygen atoms in total. The van der Waals surface area contributed by atoms with Gasteiger partial charge in [-0.25, -0.2) is 0 Å². The van der Waals surface area contributed by atoms with E-state index >= 15 is 0 Å². The zero-order valence-corrected chi connectivity index (χ0v) is 21.4. The highest BCUT2D eigenvalue weighted by Gasteiger charge is 2.24. The van der Waals surface area contributed by atoms with E-state index in [-0.39, 0.29) is 18.6 Å². The van der Waals surface area contributed by atoms with Crippen LogP contribution in [0.5, 0.6) is 5.75 Å². The number of halogens is 1. The largest absolute Gasteiger partial charge is 0.497 e. The van der Waals surface area contributed by atoms with Crippen LogP contribution < -0.4 is 4.74 Å². The minimum absolute atomic E-state index is 0.0362. The zero-order chi connectivity index (χ0) is 25.2. The molecule has 0 saturated carbocycles. The molecule has 1 saturated heterocycles. The van der Waals surface area contributed by atoms with Gasteiger partial charge in [0.1, 0.15) is 12.4 Å². The first-order valence-corrected chi connectivity index (χ1v) is 12.6. The van der Waals surface area contributed by atoms with Crippen molar-refractivity contribution in [1.29, 1.82) is 0 Å². The molecule has 7 heteroatoms. The van der Waals surface area contributed by atoms with Crippen LogP contribution in [0.4, 0.5) is 0 Å². The molecule has 0 aliphatic carbocycles. The Hall–Kier alpha value is -2.90. The molecule has 1 aliphatic heterocycles. The molecular weight excluding hydrogens is 476 g/mol. The average Bonchev–Trinajstić information content (AvgIpc) is 2.92. The van der Waals surface area contributed by atoms with E-state index in [9.17, 15) is 4.79 Å². The van der Waals surface area contributed by atoms with Crippen molar-refractivity contribution in [2.45, 2.75) is 19.3 Å². The Morgan fingerprint density at radius 3 is 2.33 bits per heavy atom. The summed E-state index contributed by atoms with van der Waals surface area (Å²) in [6, 6.07) is 25.6. The first kappa shape index (κ1) is 26.2. The summed E-state index contributed by atoms with van der Waals surface area (Å²) in [5.74, 6) is 0.849. The first-order chi connectivity index (χ1) is 17.6. The number of amides is 1. The number of hydrogen-bond acceptors (Lipinski definition) is 5. The second-order valence-electron chi connectivity index (χ2n) is 8.86. The van der Waals surface area contributed by atoms with Crippen LogP contribution >= 0.6 is 11.6 Å². The van der Waals surface area contributed by atoms with Crippen molar-refractivity contribution >= 4 is 17.5 Å². The molecule has 1 atom stereocenters. The lowest BCUT2D eigenvalue weighted by Gasteiger charge is -2.36. The Balaban J connectivity index is 1.29. The molecule has 0 spiro atoms. The van der Waals surface area contributed by atoms with Gasteiger partial charge in [0.05, 0.1) is 26.4 Å². The fourth-order valence-corrected chi connectivity index (χ4v) is 4.35. The Morgan fingerprint density at radius 1 is 0.889 bits per heavy atom. The molecule has 36 heavy (non-hydrogen) atoms. The van der Waals surface area contributed by atoms with Crippen molar-refractivity contribution in [3.8, 4) is 5.75 Å². The van der Waals surface area contributed by atoms with Crippen molar-refractivity contribution < 1.29 is 19.0 Å². The highest BCUT2D eigenvalue weighted by Crippen LogP contribution is 2.24. The number of nitrogens with zero attached hydrogens (tertiary/aromatic N) is 2. The van der Waals surface area contributed by atoms with Gasteiger partial charge in [0.2, 0.25) is 5.91 Å². The Bertz CT molecular complexity index is 1090. The molecule has 1 aliphatic rings. The van der Waals surface area contributed by atoms with Gasteiger partial charge >= 0.3 is 0 Å². The number of methoxy groups -OCH3 is 1. The molecule has 0 radical (unpaired) electrons. The second-order valence-corrected chi connectivity index (χ2v) is 9.30. The van der Waals surface area contributed by atoms with Crippen LogP contribution in [0.2, 0.25) is 5.02 Å². The van der Waals surface area contributed by atoms with Gasteiger partial charge < -0.3 is 19.1 Å².